The van der Waals surface area contributed by atoms with Crippen molar-refractivity contribution in [2.24, 2.45) is 0 Å². The highest BCUT2D eigenvalue weighted by molar-refractivity contribution is 7.48. The number of hydrogen-bond acceptors (Lipinski definition) is 10. The standard InChI is InChI=1S/C45H81O10P/c1-4-43(46)50-37-31-25-19-13-7-10-16-22-28-34-40-53-56(49,54-41-35-29-23-17-11-8-14-20-26-32-38-51-44(47)5-2)55-42-36-30-24-18-12-9-15-21-27-33-39-52-45(48)6-3/h4-6H,1-3,7-42H2. The molecular weight excluding hydrogens is 731 g/mol. The zero-order valence-corrected chi connectivity index (χ0v) is 36.2. The average molecular weight is 813 g/mol. The molecule has 0 radical (unpaired) electrons. The molecule has 0 aromatic rings. The predicted octanol–water partition coefficient (Wildman–Crippen LogP) is 13.0. The fraction of sp³-hybridized carbons (Fsp3) is 0.800. The number of ether oxygens (including phenoxy) is 3. The molecule has 0 bridgehead atoms. The van der Waals surface area contributed by atoms with E-state index in [1.165, 1.54) is 95.3 Å². The highest BCUT2D eigenvalue weighted by atomic mass is 31.2. The molecule has 0 aromatic carbocycles. The summed E-state index contributed by atoms with van der Waals surface area (Å²) < 4.78 is 46.0. The van der Waals surface area contributed by atoms with Crippen LogP contribution >= 0.6 is 7.82 Å². The van der Waals surface area contributed by atoms with Crippen LogP contribution in [0.2, 0.25) is 0 Å². The van der Waals surface area contributed by atoms with Gasteiger partial charge in [0, 0.05) is 18.2 Å². The lowest BCUT2D eigenvalue weighted by molar-refractivity contribution is -0.138. The Morgan fingerprint density at radius 1 is 0.304 bits per heavy atom. The average Bonchev–Trinajstić information content (AvgIpc) is 3.20. The zero-order valence-electron chi connectivity index (χ0n) is 35.3. The molecule has 0 atom stereocenters. The Morgan fingerprint density at radius 3 is 0.643 bits per heavy atom. The lowest BCUT2D eigenvalue weighted by atomic mass is 10.1. The number of carbonyl (C=O) groups excluding carboxylic acids is 3. The second-order valence-corrected chi connectivity index (χ2v) is 16.3. The van der Waals surface area contributed by atoms with Crippen LogP contribution in [0.25, 0.3) is 0 Å². The normalized spacial score (nSPS) is 11.3. The van der Waals surface area contributed by atoms with Gasteiger partial charge >= 0.3 is 25.7 Å². The van der Waals surface area contributed by atoms with Gasteiger partial charge in [-0.1, -0.05) is 174 Å². The molecule has 11 heteroatoms. The first-order valence-corrected chi connectivity index (χ1v) is 23.7. The predicted molar refractivity (Wildman–Crippen MR) is 227 cm³/mol. The highest BCUT2D eigenvalue weighted by Crippen LogP contribution is 2.50. The highest BCUT2D eigenvalue weighted by Gasteiger charge is 2.26. The lowest BCUT2D eigenvalue weighted by Gasteiger charge is -2.18. The van der Waals surface area contributed by atoms with Gasteiger partial charge in [0.1, 0.15) is 0 Å². The van der Waals surface area contributed by atoms with Crippen molar-refractivity contribution in [1.29, 1.82) is 0 Å². The minimum atomic E-state index is -3.59. The minimum Gasteiger partial charge on any atom is -0.463 e. The lowest BCUT2D eigenvalue weighted by Crippen LogP contribution is -2.04. The molecule has 326 valence electrons. The maximum atomic E-state index is 13.5. The van der Waals surface area contributed by atoms with E-state index in [0.717, 1.165) is 116 Å². The van der Waals surface area contributed by atoms with E-state index in [4.69, 9.17) is 27.8 Å². The smallest absolute Gasteiger partial charge is 0.463 e. The summed E-state index contributed by atoms with van der Waals surface area (Å²) in [6, 6.07) is 0. The molecule has 0 heterocycles. The van der Waals surface area contributed by atoms with Crippen LogP contribution in [0.15, 0.2) is 38.0 Å². The van der Waals surface area contributed by atoms with Crippen LogP contribution in [-0.2, 0) is 46.7 Å². The molecular formula is C45H81O10P. The van der Waals surface area contributed by atoms with Crippen molar-refractivity contribution >= 4 is 25.7 Å². The molecule has 0 unspecified atom stereocenters. The van der Waals surface area contributed by atoms with Gasteiger partial charge in [-0.25, -0.2) is 18.9 Å². The first-order chi connectivity index (χ1) is 27.4. The second-order valence-electron chi connectivity index (χ2n) is 14.7. The summed E-state index contributed by atoms with van der Waals surface area (Å²) in [5, 5.41) is 0. The maximum Gasteiger partial charge on any atom is 0.474 e. The van der Waals surface area contributed by atoms with Crippen molar-refractivity contribution in [3.05, 3.63) is 38.0 Å². The first-order valence-electron chi connectivity index (χ1n) is 22.3. The van der Waals surface area contributed by atoms with E-state index in [9.17, 15) is 18.9 Å². The van der Waals surface area contributed by atoms with Gasteiger partial charge < -0.3 is 14.2 Å². The molecule has 0 N–H and O–H groups in total. The van der Waals surface area contributed by atoms with Crippen molar-refractivity contribution in [3.8, 4) is 0 Å². The number of unbranched alkanes of at least 4 members (excludes halogenated alkanes) is 27. The zero-order chi connectivity index (χ0) is 41.1. The van der Waals surface area contributed by atoms with Crippen molar-refractivity contribution < 1.29 is 46.7 Å². The Kier molecular flexibility index (Phi) is 40.6. The summed E-state index contributed by atoms with van der Waals surface area (Å²) in [4.78, 5) is 33.2. The van der Waals surface area contributed by atoms with E-state index in [1.807, 2.05) is 0 Å². The SMILES string of the molecule is C=CC(=O)OCCCCCCCCCCCCOP(=O)(OCCCCCCCCCCCCOC(=O)C=C)OCCCCCCCCCCCCOC(=O)C=C. The number of hydrogen-bond donors (Lipinski definition) is 0. The minimum absolute atomic E-state index is 0.348. The summed E-state index contributed by atoms with van der Waals surface area (Å²) in [5.74, 6) is -1.04. The van der Waals surface area contributed by atoms with Crippen LogP contribution in [0.1, 0.15) is 193 Å². The van der Waals surface area contributed by atoms with Crippen molar-refractivity contribution in [1.82, 2.24) is 0 Å². The van der Waals surface area contributed by atoms with Gasteiger partial charge in [-0.3, -0.25) is 13.6 Å². The van der Waals surface area contributed by atoms with Gasteiger partial charge in [-0.2, -0.15) is 0 Å². The van der Waals surface area contributed by atoms with Gasteiger partial charge in [0.05, 0.1) is 39.6 Å². The van der Waals surface area contributed by atoms with E-state index >= 15 is 0 Å². The molecule has 0 rings (SSSR count). The molecule has 0 saturated heterocycles. The molecule has 0 aromatic heterocycles. The Balaban J connectivity index is 4.15. The number of carbonyl (C=O) groups is 3. The Hall–Kier alpha value is -2.26. The van der Waals surface area contributed by atoms with Gasteiger partial charge in [0.2, 0.25) is 0 Å². The largest absolute Gasteiger partial charge is 0.474 e. The van der Waals surface area contributed by atoms with E-state index in [1.54, 1.807) is 0 Å². The summed E-state index contributed by atoms with van der Waals surface area (Å²) in [5.41, 5.74) is 0. The van der Waals surface area contributed by atoms with Crippen LogP contribution in [0.5, 0.6) is 0 Å². The third-order valence-electron chi connectivity index (χ3n) is 9.60. The van der Waals surface area contributed by atoms with E-state index < -0.39 is 7.82 Å². The van der Waals surface area contributed by atoms with Gasteiger partial charge in [0.25, 0.3) is 0 Å². The van der Waals surface area contributed by atoms with Gasteiger partial charge in [0.15, 0.2) is 0 Å². The number of rotatable bonds is 45. The summed E-state index contributed by atoms with van der Waals surface area (Å²) in [6.07, 6.45) is 36.5. The molecule has 0 aliphatic carbocycles. The van der Waals surface area contributed by atoms with Crippen LogP contribution < -0.4 is 0 Å². The van der Waals surface area contributed by atoms with E-state index in [2.05, 4.69) is 19.7 Å². The number of phosphoric acid groups is 1. The molecule has 0 aliphatic rings. The molecule has 10 nitrogen and oxygen atoms in total. The third-order valence-corrected chi connectivity index (χ3v) is 11.1. The van der Waals surface area contributed by atoms with Gasteiger partial charge in [-0.15, -0.1) is 0 Å². The van der Waals surface area contributed by atoms with Crippen molar-refractivity contribution in [2.45, 2.75) is 193 Å². The molecule has 0 spiro atoms. The summed E-state index contributed by atoms with van der Waals surface area (Å²) >= 11 is 0. The Morgan fingerprint density at radius 2 is 0.464 bits per heavy atom. The van der Waals surface area contributed by atoms with Gasteiger partial charge in [-0.05, 0) is 38.5 Å². The molecule has 0 aliphatic heterocycles. The van der Waals surface area contributed by atoms with E-state index in [-0.39, 0.29) is 17.9 Å². The van der Waals surface area contributed by atoms with E-state index in [0.29, 0.717) is 39.6 Å². The summed E-state index contributed by atoms with van der Waals surface area (Å²) in [7, 11) is -3.59. The second kappa shape index (κ2) is 42.3. The van der Waals surface area contributed by atoms with Crippen molar-refractivity contribution in [2.75, 3.05) is 39.6 Å². The number of phosphoric ester groups is 1. The summed E-state index contributed by atoms with van der Waals surface area (Å²) in [6.45, 7) is 12.8. The third kappa shape index (κ3) is 40.0. The molecule has 0 amide bonds. The Labute approximate surface area is 341 Å². The molecule has 0 fully saturated rings. The molecule has 56 heavy (non-hydrogen) atoms. The van der Waals surface area contributed by atoms with Crippen LogP contribution in [0, 0.1) is 0 Å². The van der Waals surface area contributed by atoms with Crippen LogP contribution in [-0.4, -0.2) is 57.5 Å². The van der Waals surface area contributed by atoms with Crippen LogP contribution in [0.4, 0.5) is 0 Å². The maximum absolute atomic E-state index is 13.5. The monoisotopic (exact) mass is 813 g/mol. The topological polar surface area (TPSA) is 124 Å². The van der Waals surface area contributed by atoms with Crippen LogP contribution in [0.3, 0.4) is 0 Å². The number of esters is 3. The first kappa shape index (κ1) is 53.7. The van der Waals surface area contributed by atoms with Crippen molar-refractivity contribution in [3.63, 3.8) is 0 Å². The fourth-order valence-corrected chi connectivity index (χ4v) is 7.47. The Bertz CT molecular complexity index is 893. The fourth-order valence-electron chi connectivity index (χ4n) is 6.19. The molecule has 0 saturated carbocycles. The quantitative estimate of drug-likeness (QED) is 0.0193.